The fourth-order valence-corrected chi connectivity index (χ4v) is 2.60. The van der Waals surface area contributed by atoms with Crippen LogP contribution in [0.4, 0.5) is 4.39 Å². The molecule has 0 unspecified atom stereocenters. The molecule has 88 valence electrons. The second-order valence-corrected chi connectivity index (χ2v) is 4.95. The maximum absolute atomic E-state index is 13.8. The third-order valence-electron chi connectivity index (χ3n) is 2.66. The Hall–Kier alpha value is -1.48. The van der Waals surface area contributed by atoms with Crippen LogP contribution >= 0.6 is 11.3 Å². The van der Waals surface area contributed by atoms with E-state index >= 15 is 0 Å². The van der Waals surface area contributed by atoms with Crippen LogP contribution in [0.5, 0.6) is 0 Å². The first kappa shape index (κ1) is 12.0. The number of halogens is 1. The van der Waals surface area contributed by atoms with Crippen LogP contribution in [0, 0.1) is 19.7 Å². The Morgan fingerprint density at radius 2 is 2.12 bits per heavy atom. The van der Waals surface area contributed by atoms with Crippen LogP contribution in [0.1, 0.15) is 27.0 Å². The highest BCUT2D eigenvalue weighted by atomic mass is 32.1. The SMILES string of the molecule is Cc1cc(C)c(C(=O)Cc2ccsc2)c(F)c1. The van der Waals surface area contributed by atoms with Gasteiger partial charge in [0.15, 0.2) is 5.78 Å². The summed E-state index contributed by atoms with van der Waals surface area (Å²) in [5.41, 5.74) is 2.72. The molecule has 0 spiro atoms. The smallest absolute Gasteiger partial charge is 0.170 e. The summed E-state index contributed by atoms with van der Waals surface area (Å²) in [6, 6.07) is 5.14. The number of Topliss-reactive ketones (excluding diaryl/α,β-unsaturated/α-hetero) is 1. The Morgan fingerprint density at radius 1 is 1.35 bits per heavy atom. The maximum Gasteiger partial charge on any atom is 0.170 e. The first-order valence-electron chi connectivity index (χ1n) is 5.39. The van der Waals surface area contributed by atoms with Gasteiger partial charge in [-0.2, -0.15) is 11.3 Å². The van der Waals surface area contributed by atoms with Crippen molar-refractivity contribution in [2.24, 2.45) is 0 Å². The molecule has 0 fully saturated rings. The van der Waals surface area contributed by atoms with E-state index in [1.54, 1.807) is 18.3 Å². The van der Waals surface area contributed by atoms with Crippen molar-refractivity contribution in [2.45, 2.75) is 20.3 Å². The van der Waals surface area contributed by atoms with E-state index in [1.165, 1.54) is 6.07 Å². The Bertz CT molecular complexity index is 520. The van der Waals surface area contributed by atoms with Gasteiger partial charge in [-0.1, -0.05) is 6.07 Å². The van der Waals surface area contributed by atoms with E-state index in [9.17, 15) is 9.18 Å². The first-order chi connectivity index (χ1) is 8.08. The molecule has 0 aliphatic rings. The quantitative estimate of drug-likeness (QED) is 0.752. The molecule has 0 aliphatic heterocycles. The van der Waals surface area contributed by atoms with Crippen molar-refractivity contribution in [3.63, 3.8) is 0 Å². The lowest BCUT2D eigenvalue weighted by Crippen LogP contribution is -2.08. The zero-order chi connectivity index (χ0) is 12.4. The third-order valence-corrected chi connectivity index (χ3v) is 3.39. The van der Waals surface area contributed by atoms with Crippen LogP contribution in [0.25, 0.3) is 0 Å². The number of ketones is 1. The van der Waals surface area contributed by atoms with Gasteiger partial charge in [-0.3, -0.25) is 4.79 Å². The minimum Gasteiger partial charge on any atom is -0.294 e. The Labute approximate surface area is 104 Å². The standard InChI is InChI=1S/C14H13FOS/c1-9-5-10(2)14(12(15)6-9)13(16)7-11-3-4-17-8-11/h3-6,8H,7H2,1-2H3. The summed E-state index contributed by atoms with van der Waals surface area (Å²) in [4.78, 5) is 12.0. The minimum atomic E-state index is -0.414. The summed E-state index contributed by atoms with van der Waals surface area (Å²) in [5.74, 6) is -0.568. The lowest BCUT2D eigenvalue weighted by Gasteiger charge is -2.07. The molecule has 1 heterocycles. The van der Waals surface area contributed by atoms with Crippen LogP contribution in [0.3, 0.4) is 0 Å². The lowest BCUT2D eigenvalue weighted by molar-refractivity contribution is 0.0988. The summed E-state index contributed by atoms with van der Waals surface area (Å²) < 4.78 is 13.8. The molecule has 17 heavy (non-hydrogen) atoms. The predicted molar refractivity (Wildman–Crippen MR) is 68.2 cm³/mol. The highest BCUT2D eigenvalue weighted by molar-refractivity contribution is 7.08. The van der Waals surface area contributed by atoms with Crippen molar-refractivity contribution in [1.82, 2.24) is 0 Å². The van der Waals surface area contributed by atoms with Crippen molar-refractivity contribution < 1.29 is 9.18 Å². The van der Waals surface area contributed by atoms with Crippen molar-refractivity contribution >= 4 is 17.1 Å². The predicted octanol–water partition coefficient (Wildman–Crippen LogP) is 3.93. The van der Waals surface area contributed by atoms with Gasteiger partial charge >= 0.3 is 0 Å². The van der Waals surface area contributed by atoms with Gasteiger partial charge in [-0.05, 0) is 53.4 Å². The van der Waals surface area contributed by atoms with Gasteiger partial charge in [0.2, 0.25) is 0 Å². The molecular weight excluding hydrogens is 235 g/mol. The second kappa shape index (κ2) is 4.80. The molecule has 0 saturated heterocycles. The van der Waals surface area contributed by atoms with E-state index in [2.05, 4.69) is 0 Å². The average molecular weight is 248 g/mol. The molecule has 0 N–H and O–H groups in total. The average Bonchev–Trinajstić information content (AvgIpc) is 2.68. The number of carbonyl (C=O) groups is 1. The van der Waals surface area contributed by atoms with E-state index in [4.69, 9.17) is 0 Å². The molecule has 1 nitrogen and oxygen atoms in total. The van der Waals surface area contributed by atoms with Gasteiger partial charge in [0, 0.05) is 6.42 Å². The molecule has 0 radical (unpaired) electrons. The number of aryl methyl sites for hydroxylation is 2. The molecule has 0 aliphatic carbocycles. The fraction of sp³-hybridized carbons (Fsp3) is 0.214. The first-order valence-corrected chi connectivity index (χ1v) is 6.33. The molecule has 1 aromatic carbocycles. The van der Waals surface area contributed by atoms with Crippen LogP contribution in [-0.2, 0) is 6.42 Å². The summed E-state index contributed by atoms with van der Waals surface area (Å²) in [6.45, 7) is 3.60. The monoisotopic (exact) mass is 248 g/mol. The fourth-order valence-electron chi connectivity index (χ4n) is 1.94. The molecular formula is C14H13FOS. The number of thiophene rings is 1. The molecule has 2 rings (SSSR count). The van der Waals surface area contributed by atoms with Crippen LogP contribution in [0.2, 0.25) is 0 Å². The van der Waals surface area contributed by atoms with Gasteiger partial charge in [0.1, 0.15) is 5.82 Å². The number of hydrogen-bond acceptors (Lipinski definition) is 2. The van der Waals surface area contributed by atoms with E-state index in [-0.39, 0.29) is 17.8 Å². The topological polar surface area (TPSA) is 17.1 Å². The third kappa shape index (κ3) is 2.61. The van der Waals surface area contributed by atoms with Gasteiger partial charge in [-0.15, -0.1) is 0 Å². The van der Waals surface area contributed by atoms with Gasteiger partial charge in [0.05, 0.1) is 5.56 Å². The number of rotatable bonds is 3. The number of hydrogen-bond donors (Lipinski definition) is 0. The van der Waals surface area contributed by atoms with Crippen molar-refractivity contribution in [3.8, 4) is 0 Å². The van der Waals surface area contributed by atoms with Crippen molar-refractivity contribution in [3.05, 3.63) is 57.0 Å². The molecule has 0 saturated carbocycles. The molecule has 0 bridgehead atoms. The Kier molecular flexibility index (Phi) is 3.38. The van der Waals surface area contributed by atoms with Crippen LogP contribution in [0.15, 0.2) is 29.0 Å². The number of benzene rings is 1. The molecule has 0 amide bonds. The lowest BCUT2D eigenvalue weighted by atomic mass is 9.98. The van der Waals surface area contributed by atoms with E-state index in [1.807, 2.05) is 29.8 Å². The Balaban J connectivity index is 2.31. The zero-order valence-electron chi connectivity index (χ0n) is 9.79. The van der Waals surface area contributed by atoms with Crippen LogP contribution in [-0.4, -0.2) is 5.78 Å². The molecule has 2 aromatic rings. The van der Waals surface area contributed by atoms with E-state index in [0.717, 1.165) is 11.1 Å². The molecule has 3 heteroatoms. The van der Waals surface area contributed by atoms with E-state index < -0.39 is 5.82 Å². The van der Waals surface area contributed by atoms with Gasteiger partial charge in [-0.25, -0.2) is 4.39 Å². The summed E-state index contributed by atoms with van der Waals surface area (Å²) in [7, 11) is 0. The number of carbonyl (C=O) groups excluding carboxylic acids is 1. The minimum absolute atomic E-state index is 0.154. The normalized spacial score (nSPS) is 10.5. The van der Waals surface area contributed by atoms with Crippen molar-refractivity contribution in [2.75, 3.05) is 0 Å². The zero-order valence-corrected chi connectivity index (χ0v) is 10.6. The van der Waals surface area contributed by atoms with Crippen molar-refractivity contribution in [1.29, 1.82) is 0 Å². The largest absolute Gasteiger partial charge is 0.294 e. The van der Waals surface area contributed by atoms with Crippen LogP contribution < -0.4 is 0 Å². The van der Waals surface area contributed by atoms with E-state index in [0.29, 0.717) is 5.56 Å². The van der Waals surface area contributed by atoms with Gasteiger partial charge in [0.25, 0.3) is 0 Å². The van der Waals surface area contributed by atoms with Gasteiger partial charge < -0.3 is 0 Å². The highest BCUT2D eigenvalue weighted by Gasteiger charge is 2.15. The highest BCUT2D eigenvalue weighted by Crippen LogP contribution is 2.18. The molecule has 0 atom stereocenters. The second-order valence-electron chi connectivity index (χ2n) is 4.17. The molecule has 1 aromatic heterocycles. The summed E-state index contributed by atoms with van der Waals surface area (Å²) in [5, 5.41) is 3.83. The summed E-state index contributed by atoms with van der Waals surface area (Å²) in [6.07, 6.45) is 0.268. The maximum atomic E-state index is 13.8. The summed E-state index contributed by atoms with van der Waals surface area (Å²) >= 11 is 1.54. The Morgan fingerprint density at radius 3 is 2.71 bits per heavy atom.